The van der Waals surface area contributed by atoms with Crippen molar-refractivity contribution in [3.8, 4) is 5.75 Å². The van der Waals surface area contributed by atoms with Crippen LogP contribution in [0.2, 0.25) is 0 Å². The fourth-order valence-electron chi connectivity index (χ4n) is 2.12. The Hall–Kier alpha value is -1.55. The predicted molar refractivity (Wildman–Crippen MR) is 84.7 cm³/mol. The molecule has 0 radical (unpaired) electrons. The zero-order valence-corrected chi connectivity index (χ0v) is 13.7. The average Bonchev–Trinajstić information content (AvgIpc) is 2.50. The van der Waals surface area contributed by atoms with Crippen molar-refractivity contribution in [1.82, 2.24) is 5.32 Å². The van der Waals surface area contributed by atoms with Crippen LogP contribution < -0.4 is 10.1 Å². The number of methoxy groups -OCH3 is 1. The summed E-state index contributed by atoms with van der Waals surface area (Å²) in [6.45, 7) is 9.09. The number of hydrogen-bond donors (Lipinski definition) is 1. The van der Waals surface area contributed by atoms with Gasteiger partial charge in [-0.1, -0.05) is 39.0 Å². The third-order valence-corrected chi connectivity index (χ3v) is 3.46. The highest BCUT2D eigenvalue weighted by Crippen LogP contribution is 2.26. The molecule has 0 heterocycles. The summed E-state index contributed by atoms with van der Waals surface area (Å²) >= 11 is 0. The van der Waals surface area contributed by atoms with Gasteiger partial charge in [-0.25, -0.2) is 4.79 Å². The second kappa shape index (κ2) is 8.03. The Morgan fingerprint density at radius 2 is 2.00 bits per heavy atom. The van der Waals surface area contributed by atoms with Crippen molar-refractivity contribution < 1.29 is 14.3 Å². The van der Waals surface area contributed by atoms with E-state index in [1.54, 1.807) is 0 Å². The highest BCUT2D eigenvalue weighted by atomic mass is 16.5. The molecule has 0 fully saturated rings. The lowest BCUT2D eigenvalue weighted by molar-refractivity contribution is -0.149. The number of para-hydroxylation sites is 1. The molecule has 1 N–H and O–H groups in total. The van der Waals surface area contributed by atoms with E-state index in [0.29, 0.717) is 5.92 Å². The first kappa shape index (κ1) is 17.5. The van der Waals surface area contributed by atoms with Gasteiger partial charge in [0.05, 0.1) is 7.11 Å². The molecule has 0 aliphatic heterocycles. The molecule has 0 aromatic heterocycles. The molecule has 0 saturated carbocycles. The van der Waals surface area contributed by atoms with Crippen LogP contribution in [0, 0.1) is 0 Å². The Morgan fingerprint density at radius 3 is 2.57 bits per heavy atom. The molecule has 0 amide bonds. The summed E-state index contributed by atoms with van der Waals surface area (Å²) in [6, 6.07) is 7.93. The minimum Gasteiger partial charge on any atom is -0.491 e. The zero-order valence-electron chi connectivity index (χ0n) is 13.7. The predicted octanol–water partition coefficient (Wildman–Crippen LogP) is 3.12. The molecule has 21 heavy (non-hydrogen) atoms. The van der Waals surface area contributed by atoms with Crippen molar-refractivity contribution in [2.75, 3.05) is 20.3 Å². The van der Waals surface area contributed by atoms with Crippen molar-refractivity contribution in [2.45, 2.75) is 45.6 Å². The normalized spacial score (nSPS) is 13.8. The molecule has 118 valence electrons. The van der Waals surface area contributed by atoms with Gasteiger partial charge in [0.25, 0.3) is 0 Å². The van der Waals surface area contributed by atoms with E-state index in [2.05, 4.69) is 32.2 Å². The first-order chi connectivity index (χ1) is 9.94. The topological polar surface area (TPSA) is 47.6 Å². The SMILES string of the molecule is CCCNC(C)(COc1ccccc1C(C)C)C(=O)OC. The molecule has 0 spiro atoms. The minimum absolute atomic E-state index is 0.239. The number of carbonyl (C=O) groups is 1. The molecule has 1 atom stereocenters. The summed E-state index contributed by atoms with van der Waals surface area (Å²) in [7, 11) is 1.40. The summed E-state index contributed by atoms with van der Waals surface area (Å²) < 4.78 is 10.8. The second-order valence-electron chi connectivity index (χ2n) is 5.73. The van der Waals surface area contributed by atoms with Gasteiger partial charge in [0, 0.05) is 0 Å². The van der Waals surface area contributed by atoms with Crippen molar-refractivity contribution in [3.63, 3.8) is 0 Å². The summed E-state index contributed by atoms with van der Waals surface area (Å²) in [5, 5.41) is 3.22. The maximum atomic E-state index is 12.0. The van der Waals surface area contributed by atoms with Crippen molar-refractivity contribution in [1.29, 1.82) is 0 Å². The van der Waals surface area contributed by atoms with Crippen LogP contribution in [0.1, 0.15) is 45.6 Å². The Morgan fingerprint density at radius 1 is 1.33 bits per heavy atom. The van der Waals surface area contributed by atoms with Crippen molar-refractivity contribution in [2.24, 2.45) is 0 Å². The smallest absolute Gasteiger partial charge is 0.329 e. The van der Waals surface area contributed by atoms with Gasteiger partial charge in [-0.15, -0.1) is 0 Å². The van der Waals surface area contributed by atoms with E-state index in [1.807, 2.05) is 25.1 Å². The zero-order chi connectivity index (χ0) is 15.9. The van der Waals surface area contributed by atoms with Crippen LogP contribution in [-0.4, -0.2) is 31.8 Å². The molecule has 0 bridgehead atoms. The van der Waals surface area contributed by atoms with Crippen LogP contribution in [0.5, 0.6) is 5.75 Å². The van der Waals surface area contributed by atoms with E-state index in [4.69, 9.17) is 9.47 Å². The molecule has 1 aromatic rings. The van der Waals surface area contributed by atoms with Gasteiger partial charge in [0.1, 0.15) is 17.9 Å². The monoisotopic (exact) mass is 293 g/mol. The Labute approximate surface area is 127 Å². The van der Waals surface area contributed by atoms with Crippen LogP contribution >= 0.6 is 0 Å². The summed E-state index contributed by atoms with van der Waals surface area (Å²) in [6.07, 6.45) is 0.940. The lowest BCUT2D eigenvalue weighted by atomic mass is 10.0. The van der Waals surface area contributed by atoms with E-state index in [-0.39, 0.29) is 12.6 Å². The third kappa shape index (κ3) is 4.74. The first-order valence-corrected chi connectivity index (χ1v) is 7.49. The summed E-state index contributed by atoms with van der Waals surface area (Å²) in [4.78, 5) is 12.0. The van der Waals surface area contributed by atoms with Crippen LogP contribution in [0.3, 0.4) is 0 Å². The summed E-state index contributed by atoms with van der Waals surface area (Å²) in [5.41, 5.74) is 0.301. The first-order valence-electron chi connectivity index (χ1n) is 7.49. The number of nitrogens with one attached hydrogen (secondary N) is 1. The minimum atomic E-state index is -0.838. The highest BCUT2D eigenvalue weighted by molar-refractivity contribution is 5.80. The van der Waals surface area contributed by atoms with Crippen molar-refractivity contribution in [3.05, 3.63) is 29.8 Å². The number of rotatable bonds is 8. The largest absolute Gasteiger partial charge is 0.491 e. The van der Waals surface area contributed by atoms with Gasteiger partial charge >= 0.3 is 5.97 Å². The maximum Gasteiger partial charge on any atom is 0.329 e. The Balaban J connectivity index is 2.84. The van der Waals surface area contributed by atoms with Gasteiger partial charge in [-0.3, -0.25) is 5.32 Å². The number of benzene rings is 1. The number of ether oxygens (including phenoxy) is 2. The molecular formula is C17H27NO3. The molecule has 0 aliphatic rings. The molecule has 1 rings (SSSR count). The summed E-state index contributed by atoms with van der Waals surface area (Å²) in [5.74, 6) is 0.882. The molecule has 0 saturated heterocycles. The lowest BCUT2D eigenvalue weighted by Gasteiger charge is -2.28. The standard InChI is InChI=1S/C17H27NO3/c1-6-11-18-17(4,16(19)20-5)12-21-15-10-8-7-9-14(15)13(2)3/h7-10,13,18H,6,11-12H2,1-5H3. The highest BCUT2D eigenvalue weighted by Gasteiger charge is 2.35. The average molecular weight is 293 g/mol. The molecular weight excluding hydrogens is 266 g/mol. The van der Waals surface area contributed by atoms with E-state index in [1.165, 1.54) is 7.11 Å². The maximum absolute atomic E-state index is 12.0. The molecule has 4 heteroatoms. The fourth-order valence-corrected chi connectivity index (χ4v) is 2.12. The van der Waals surface area contributed by atoms with Crippen molar-refractivity contribution >= 4 is 5.97 Å². The van der Waals surface area contributed by atoms with Gasteiger partial charge < -0.3 is 9.47 Å². The Bertz CT molecular complexity index is 459. The molecule has 4 nitrogen and oxygen atoms in total. The van der Waals surface area contributed by atoms with Gasteiger partial charge in [-0.05, 0) is 37.4 Å². The van der Waals surface area contributed by atoms with Gasteiger partial charge in [0.15, 0.2) is 0 Å². The van der Waals surface area contributed by atoms with Gasteiger partial charge in [0.2, 0.25) is 0 Å². The molecule has 1 aromatic carbocycles. The lowest BCUT2D eigenvalue weighted by Crippen LogP contribution is -2.54. The second-order valence-corrected chi connectivity index (χ2v) is 5.73. The van der Waals surface area contributed by atoms with Gasteiger partial charge in [-0.2, -0.15) is 0 Å². The number of esters is 1. The van der Waals surface area contributed by atoms with Crippen LogP contribution in [0.25, 0.3) is 0 Å². The van der Waals surface area contributed by atoms with Crippen LogP contribution in [0.15, 0.2) is 24.3 Å². The van der Waals surface area contributed by atoms with Crippen LogP contribution in [0.4, 0.5) is 0 Å². The van der Waals surface area contributed by atoms with Crippen LogP contribution in [-0.2, 0) is 9.53 Å². The van der Waals surface area contributed by atoms with E-state index >= 15 is 0 Å². The third-order valence-electron chi connectivity index (χ3n) is 3.46. The molecule has 0 aliphatic carbocycles. The van der Waals surface area contributed by atoms with E-state index in [9.17, 15) is 4.79 Å². The Kier molecular flexibility index (Phi) is 6.69. The fraction of sp³-hybridized carbons (Fsp3) is 0.588. The quantitative estimate of drug-likeness (QED) is 0.748. The van der Waals surface area contributed by atoms with E-state index in [0.717, 1.165) is 24.3 Å². The molecule has 1 unspecified atom stereocenters. The number of carbonyl (C=O) groups excluding carboxylic acids is 1. The number of hydrogen-bond acceptors (Lipinski definition) is 4. The van der Waals surface area contributed by atoms with E-state index < -0.39 is 5.54 Å².